The molecule has 2 N–H and O–H groups in total. The Hall–Kier alpha value is -2.73. The normalized spacial score (nSPS) is 15.1. The molecule has 6 heteroatoms. The second-order valence-corrected chi connectivity index (χ2v) is 6.46. The van der Waals surface area contributed by atoms with Crippen molar-refractivity contribution < 1.29 is 19.7 Å². The van der Waals surface area contributed by atoms with E-state index in [9.17, 15) is 15.0 Å². The van der Waals surface area contributed by atoms with E-state index in [1.165, 1.54) is 6.07 Å². The zero-order valence-corrected chi connectivity index (χ0v) is 14.2. The van der Waals surface area contributed by atoms with Gasteiger partial charge in [-0.15, -0.1) is 0 Å². The number of carbonyl (C=O) groups is 1. The molecule has 1 aliphatic heterocycles. The number of Topliss-reactive ketones (excluding diaryl/α,β-unsaturated/α-hetero) is 1. The zero-order chi connectivity index (χ0) is 17.0. The van der Waals surface area contributed by atoms with E-state index in [-0.39, 0.29) is 28.6 Å². The van der Waals surface area contributed by atoms with Crippen molar-refractivity contribution in [2.75, 3.05) is 0 Å². The van der Waals surface area contributed by atoms with Gasteiger partial charge in [0.1, 0.15) is 22.8 Å². The van der Waals surface area contributed by atoms with Crippen molar-refractivity contribution in [1.29, 1.82) is 0 Å². The molecule has 0 unspecified atom stereocenters. The molecule has 0 atom stereocenters. The summed E-state index contributed by atoms with van der Waals surface area (Å²) < 4.78 is 8.42. The fraction of sp³-hybridized carbons (Fsp3) is 0.0556. The highest BCUT2D eigenvalue weighted by Gasteiger charge is 2.31. The summed E-state index contributed by atoms with van der Waals surface area (Å²) in [7, 11) is 1.92. The van der Waals surface area contributed by atoms with Gasteiger partial charge in [-0.2, -0.15) is 0 Å². The van der Waals surface area contributed by atoms with Gasteiger partial charge in [-0.25, -0.2) is 0 Å². The first-order chi connectivity index (χ1) is 11.5. The predicted octanol–water partition coefficient (Wildman–Crippen LogP) is 3.97. The molecule has 0 saturated heterocycles. The fourth-order valence-corrected chi connectivity index (χ4v) is 3.55. The summed E-state index contributed by atoms with van der Waals surface area (Å²) in [4.78, 5) is 12.5. The molecule has 0 fully saturated rings. The first-order valence-corrected chi connectivity index (χ1v) is 7.99. The summed E-state index contributed by atoms with van der Waals surface area (Å²) in [5, 5.41) is 20.4. The van der Waals surface area contributed by atoms with Gasteiger partial charge in [-0.3, -0.25) is 4.79 Å². The first-order valence-electron chi connectivity index (χ1n) is 7.19. The number of allylic oxidation sites excluding steroid dienone is 1. The van der Waals surface area contributed by atoms with Crippen LogP contribution in [0.25, 0.3) is 17.0 Å². The number of fused-ring (bicyclic) bond motifs is 2. The standard InChI is InChI=1S/C18H12BrNO4/c1-20-8-9(16-11(19)3-2-4-12(16)20)5-15-18(23)17-13(22)6-10(21)7-14(17)24-15/h2-8,21-22H,1H3/b15-5+. The molecule has 1 aliphatic rings. The van der Waals surface area contributed by atoms with Crippen LogP contribution in [0.3, 0.4) is 0 Å². The van der Waals surface area contributed by atoms with E-state index in [0.29, 0.717) is 0 Å². The van der Waals surface area contributed by atoms with E-state index in [1.54, 1.807) is 6.08 Å². The zero-order valence-electron chi connectivity index (χ0n) is 12.6. The molecule has 5 nitrogen and oxygen atoms in total. The Bertz CT molecular complexity index is 1050. The SMILES string of the molecule is Cn1cc(/C=C2/Oc3cc(O)cc(O)c3C2=O)c2c(Br)cccc21. The Labute approximate surface area is 145 Å². The number of aromatic hydroxyl groups is 2. The van der Waals surface area contributed by atoms with E-state index in [1.807, 2.05) is 36.0 Å². The van der Waals surface area contributed by atoms with Crippen LogP contribution in [0.5, 0.6) is 17.2 Å². The number of halogens is 1. The highest BCUT2D eigenvalue weighted by Crippen LogP contribution is 2.41. The summed E-state index contributed by atoms with van der Waals surface area (Å²) >= 11 is 3.53. The third-order valence-electron chi connectivity index (χ3n) is 4.02. The minimum atomic E-state index is -0.411. The molecule has 0 spiro atoms. The average Bonchev–Trinajstić information content (AvgIpc) is 2.99. The number of benzene rings is 2. The number of ether oxygens (including phenoxy) is 1. The maximum Gasteiger partial charge on any atom is 0.235 e. The number of aromatic nitrogens is 1. The van der Waals surface area contributed by atoms with Gasteiger partial charge in [0.15, 0.2) is 5.76 Å². The number of carbonyl (C=O) groups excluding carboxylic acids is 1. The monoisotopic (exact) mass is 385 g/mol. The largest absolute Gasteiger partial charge is 0.508 e. The molecule has 0 radical (unpaired) electrons. The Morgan fingerprint density at radius 1 is 1.25 bits per heavy atom. The van der Waals surface area contributed by atoms with E-state index < -0.39 is 5.78 Å². The highest BCUT2D eigenvalue weighted by atomic mass is 79.9. The van der Waals surface area contributed by atoms with E-state index in [4.69, 9.17) is 4.74 Å². The lowest BCUT2D eigenvalue weighted by molar-refractivity contribution is 0.101. The number of hydrogen-bond donors (Lipinski definition) is 2. The molecule has 1 aromatic heterocycles. The molecular weight excluding hydrogens is 374 g/mol. The summed E-state index contributed by atoms with van der Waals surface area (Å²) in [6.07, 6.45) is 3.55. The summed E-state index contributed by atoms with van der Waals surface area (Å²) in [6, 6.07) is 8.29. The lowest BCUT2D eigenvalue weighted by Crippen LogP contribution is -1.98. The molecule has 0 saturated carbocycles. The van der Waals surface area contributed by atoms with Crippen LogP contribution in [-0.4, -0.2) is 20.6 Å². The van der Waals surface area contributed by atoms with Crippen molar-refractivity contribution >= 4 is 38.7 Å². The molecule has 0 aliphatic carbocycles. The van der Waals surface area contributed by atoms with Crippen LogP contribution < -0.4 is 4.74 Å². The molecule has 3 aromatic rings. The maximum absolute atomic E-state index is 12.5. The van der Waals surface area contributed by atoms with Gasteiger partial charge in [0.05, 0.1) is 0 Å². The number of aryl methyl sites for hydroxylation is 1. The summed E-state index contributed by atoms with van der Waals surface area (Å²) in [5.74, 6) is -0.602. The van der Waals surface area contributed by atoms with Crippen LogP contribution in [0.1, 0.15) is 15.9 Å². The minimum Gasteiger partial charge on any atom is -0.508 e. The molecule has 4 rings (SSSR count). The lowest BCUT2D eigenvalue weighted by Gasteiger charge is -2.00. The molecule has 2 heterocycles. The smallest absolute Gasteiger partial charge is 0.235 e. The van der Waals surface area contributed by atoms with Crippen LogP contribution in [0.15, 0.2) is 46.8 Å². The van der Waals surface area contributed by atoms with E-state index in [2.05, 4.69) is 15.9 Å². The van der Waals surface area contributed by atoms with Gasteiger partial charge in [0, 0.05) is 46.3 Å². The van der Waals surface area contributed by atoms with Gasteiger partial charge in [0.25, 0.3) is 0 Å². The van der Waals surface area contributed by atoms with Crippen molar-refractivity contribution in [3.05, 3.63) is 57.9 Å². The number of phenols is 2. The molecule has 0 bridgehead atoms. The predicted molar refractivity (Wildman–Crippen MR) is 93.3 cm³/mol. The quantitative estimate of drug-likeness (QED) is 0.621. The van der Waals surface area contributed by atoms with Crippen LogP contribution in [0.2, 0.25) is 0 Å². The molecule has 2 aromatic carbocycles. The van der Waals surface area contributed by atoms with Gasteiger partial charge < -0.3 is 19.5 Å². The summed E-state index contributed by atoms with van der Waals surface area (Å²) in [6.45, 7) is 0. The highest BCUT2D eigenvalue weighted by molar-refractivity contribution is 9.10. The minimum absolute atomic E-state index is 0.0679. The van der Waals surface area contributed by atoms with Gasteiger partial charge in [0.2, 0.25) is 5.78 Å². The van der Waals surface area contributed by atoms with Crippen LogP contribution in [0.4, 0.5) is 0 Å². The van der Waals surface area contributed by atoms with Crippen molar-refractivity contribution in [3.8, 4) is 17.2 Å². The second kappa shape index (κ2) is 5.14. The third kappa shape index (κ3) is 2.11. The molecule has 0 amide bonds. The van der Waals surface area contributed by atoms with Crippen molar-refractivity contribution in [2.45, 2.75) is 0 Å². The molecule has 24 heavy (non-hydrogen) atoms. The van der Waals surface area contributed by atoms with E-state index in [0.717, 1.165) is 27.0 Å². The van der Waals surface area contributed by atoms with Crippen molar-refractivity contribution in [2.24, 2.45) is 7.05 Å². The Balaban J connectivity index is 1.87. The van der Waals surface area contributed by atoms with Gasteiger partial charge in [-0.05, 0) is 18.2 Å². The van der Waals surface area contributed by atoms with Gasteiger partial charge >= 0.3 is 0 Å². The lowest BCUT2D eigenvalue weighted by atomic mass is 10.1. The number of ketones is 1. The third-order valence-corrected chi connectivity index (χ3v) is 4.68. The fourth-order valence-electron chi connectivity index (χ4n) is 2.96. The molecule has 120 valence electrons. The van der Waals surface area contributed by atoms with Crippen molar-refractivity contribution in [3.63, 3.8) is 0 Å². The first kappa shape index (κ1) is 14.8. The molecular formula is C18H12BrNO4. The Morgan fingerprint density at radius 2 is 2.04 bits per heavy atom. The van der Waals surface area contributed by atoms with Crippen LogP contribution in [0, 0.1) is 0 Å². The van der Waals surface area contributed by atoms with E-state index >= 15 is 0 Å². The number of nitrogens with zero attached hydrogens (tertiary/aromatic N) is 1. The van der Waals surface area contributed by atoms with Crippen molar-refractivity contribution in [1.82, 2.24) is 4.57 Å². The average molecular weight is 386 g/mol. The Kier molecular flexibility index (Phi) is 3.18. The number of rotatable bonds is 1. The topological polar surface area (TPSA) is 71.7 Å². The Morgan fingerprint density at radius 3 is 2.83 bits per heavy atom. The number of phenolic OH excluding ortho intramolecular Hbond substituents is 2. The van der Waals surface area contributed by atoms with Gasteiger partial charge in [-0.1, -0.05) is 22.0 Å². The summed E-state index contributed by atoms with van der Waals surface area (Å²) in [5.41, 5.74) is 1.90. The maximum atomic E-state index is 12.5. The van der Waals surface area contributed by atoms with Crippen LogP contribution >= 0.6 is 15.9 Å². The van der Waals surface area contributed by atoms with Crippen LogP contribution in [-0.2, 0) is 7.05 Å². The second-order valence-electron chi connectivity index (χ2n) is 5.61. The number of hydrogen-bond acceptors (Lipinski definition) is 4.